The summed E-state index contributed by atoms with van der Waals surface area (Å²) in [5.74, 6) is 1.53. The molecule has 0 aliphatic rings. The van der Waals surface area contributed by atoms with Gasteiger partial charge in [0, 0.05) is 5.38 Å². The molecule has 0 bridgehead atoms. The van der Waals surface area contributed by atoms with Gasteiger partial charge in [0.2, 0.25) is 0 Å². The third-order valence-electron chi connectivity index (χ3n) is 2.72. The molecule has 0 saturated carbocycles. The van der Waals surface area contributed by atoms with Crippen LogP contribution in [0.25, 0.3) is 0 Å². The van der Waals surface area contributed by atoms with Gasteiger partial charge >= 0.3 is 0 Å². The lowest BCUT2D eigenvalue weighted by Gasteiger charge is -2.20. The lowest BCUT2D eigenvalue weighted by atomic mass is 10.0. The molecule has 0 saturated heterocycles. The minimum atomic E-state index is -0.102. The second-order valence-electron chi connectivity index (χ2n) is 3.63. The Labute approximate surface area is 110 Å². The summed E-state index contributed by atoms with van der Waals surface area (Å²) in [6.45, 7) is 0. The summed E-state index contributed by atoms with van der Waals surface area (Å²) >= 11 is 1.32. The van der Waals surface area contributed by atoms with Gasteiger partial charge in [-0.15, -0.1) is 5.10 Å². The van der Waals surface area contributed by atoms with Crippen molar-refractivity contribution in [1.29, 1.82) is 0 Å². The van der Waals surface area contributed by atoms with Gasteiger partial charge in [-0.1, -0.05) is 10.6 Å². The molecule has 0 spiro atoms. The molecule has 1 N–H and O–H groups in total. The van der Waals surface area contributed by atoms with Crippen molar-refractivity contribution < 1.29 is 9.47 Å². The Morgan fingerprint density at radius 1 is 1.22 bits per heavy atom. The van der Waals surface area contributed by atoms with Crippen LogP contribution in [0.1, 0.15) is 17.3 Å². The molecule has 1 atom stereocenters. The number of hydrogen-bond acceptors (Lipinski definition) is 6. The van der Waals surface area contributed by atoms with E-state index in [1.165, 1.54) is 11.5 Å². The van der Waals surface area contributed by atoms with Crippen molar-refractivity contribution in [2.45, 2.75) is 6.04 Å². The van der Waals surface area contributed by atoms with Crippen LogP contribution in [-0.2, 0) is 0 Å². The number of rotatable bonds is 5. The van der Waals surface area contributed by atoms with Crippen molar-refractivity contribution >= 4 is 11.5 Å². The number of benzene rings is 1. The molecule has 6 heteroatoms. The van der Waals surface area contributed by atoms with E-state index in [1.54, 1.807) is 14.2 Å². The predicted octanol–water partition coefficient (Wildman–Crippen LogP) is 1.86. The zero-order chi connectivity index (χ0) is 13.0. The minimum absolute atomic E-state index is 0.102. The number of aromatic nitrogens is 2. The van der Waals surface area contributed by atoms with E-state index in [9.17, 15) is 0 Å². The highest BCUT2D eigenvalue weighted by Crippen LogP contribution is 2.36. The molecule has 0 aliphatic carbocycles. The zero-order valence-corrected chi connectivity index (χ0v) is 11.3. The number of ether oxygens (including phenoxy) is 2. The second kappa shape index (κ2) is 5.79. The summed E-state index contributed by atoms with van der Waals surface area (Å²) in [5, 5.41) is 9.23. The average Bonchev–Trinajstić information content (AvgIpc) is 2.93. The van der Waals surface area contributed by atoms with Gasteiger partial charge in [-0.25, -0.2) is 0 Å². The smallest absolute Gasteiger partial charge is 0.127 e. The molecular formula is C12H15N3O2S. The first-order chi connectivity index (χ1) is 8.81. The van der Waals surface area contributed by atoms with E-state index in [2.05, 4.69) is 14.9 Å². The van der Waals surface area contributed by atoms with E-state index in [0.29, 0.717) is 0 Å². The summed E-state index contributed by atoms with van der Waals surface area (Å²) in [7, 11) is 5.16. The Hall–Kier alpha value is -1.66. The van der Waals surface area contributed by atoms with Crippen LogP contribution in [0, 0.1) is 0 Å². The van der Waals surface area contributed by atoms with Gasteiger partial charge in [-0.3, -0.25) is 0 Å². The van der Waals surface area contributed by atoms with E-state index in [0.717, 1.165) is 22.8 Å². The standard InChI is InChI=1S/C12H15N3O2S/c1-13-12(8-7-18-15-14-8)11-9(16-2)5-4-6-10(11)17-3/h4-7,12-13H,1-3H3. The molecular weight excluding hydrogens is 250 g/mol. The Morgan fingerprint density at radius 2 is 1.89 bits per heavy atom. The molecule has 1 unspecified atom stereocenters. The van der Waals surface area contributed by atoms with Crippen molar-refractivity contribution in [1.82, 2.24) is 14.9 Å². The van der Waals surface area contributed by atoms with Crippen LogP contribution in [0.2, 0.25) is 0 Å². The number of methoxy groups -OCH3 is 2. The average molecular weight is 265 g/mol. The maximum absolute atomic E-state index is 5.40. The normalized spacial score (nSPS) is 12.2. The summed E-state index contributed by atoms with van der Waals surface area (Å²) in [6, 6.07) is 5.60. The van der Waals surface area contributed by atoms with Crippen LogP contribution in [-0.4, -0.2) is 30.9 Å². The van der Waals surface area contributed by atoms with Crippen molar-refractivity contribution in [3.63, 3.8) is 0 Å². The lowest BCUT2D eigenvalue weighted by Crippen LogP contribution is -2.19. The molecule has 0 radical (unpaired) electrons. The molecule has 2 rings (SSSR count). The molecule has 0 fully saturated rings. The van der Waals surface area contributed by atoms with Gasteiger partial charge in [0.05, 0.1) is 31.5 Å². The SMILES string of the molecule is CNC(c1csnn1)c1c(OC)cccc1OC. The fraction of sp³-hybridized carbons (Fsp3) is 0.333. The summed E-state index contributed by atoms with van der Waals surface area (Å²) in [4.78, 5) is 0. The number of nitrogens with zero attached hydrogens (tertiary/aromatic N) is 2. The van der Waals surface area contributed by atoms with Crippen molar-refractivity contribution in [2.24, 2.45) is 0 Å². The largest absolute Gasteiger partial charge is 0.496 e. The third-order valence-corrected chi connectivity index (χ3v) is 3.24. The predicted molar refractivity (Wildman–Crippen MR) is 70.4 cm³/mol. The lowest BCUT2D eigenvalue weighted by molar-refractivity contribution is 0.378. The molecule has 5 nitrogen and oxygen atoms in total. The Balaban J connectivity index is 2.53. The highest BCUT2D eigenvalue weighted by Gasteiger charge is 2.23. The summed E-state index contributed by atoms with van der Waals surface area (Å²) < 4.78 is 14.7. The molecule has 1 heterocycles. The molecule has 2 aromatic rings. The summed E-state index contributed by atoms with van der Waals surface area (Å²) in [5.41, 5.74) is 1.78. The fourth-order valence-electron chi connectivity index (χ4n) is 1.90. The van der Waals surface area contributed by atoms with Crippen LogP contribution in [0.4, 0.5) is 0 Å². The van der Waals surface area contributed by atoms with Gasteiger partial charge in [-0.2, -0.15) is 0 Å². The van der Waals surface area contributed by atoms with Crippen molar-refractivity contribution in [3.05, 3.63) is 34.8 Å². The van der Waals surface area contributed by atoms with E-state index < -0.39 is 0 Å². The van der Waals surface area contributed by atoms with E-state index in [4.69, 9.17) is 9.47 Å². The second-order valence-corrected chi connectivity index (χ2v) is 4.24. The van der Waals surface area contributed by atoms with Gasteiger partial charge in [-0.05, 0) is 30.7 Å². The van der Waals surface area contributed by atoms with Crippen molar-refractivity contribution in [3.8, 4) is 11.5 Å². The van der Waals surface area contributed by atoms with E-state index in [1.807, 2.05) is 30.6 Å². The summed E-state index contributed by atoms with van der Waals surface area (Å²) in [6.07, 6.45) is 0. The molecule has 96 valence electrons. The highest BCUT2D eigenvalue weighted by atomic mass is 32.1. The van der Waals surface area contributed by atoms with Crippen LogP contribution >= 0.6 is 11.5 Å². The van der Waals surface area contributed by atoms with Crippen molar-refractivity contribution in [2.75, 3.05) is 21.3 Å². The van der Waals surface area contributed by atoms with Gasteiger partial charge in [0.1, 0.15) is 11.5 Å². The molecule has 0 aliphatic heterocycles. The Bertz CT molecular complexity index is 480. The van der Waals surface area contributed by atoms with Crippen LogP contribution in [0.15, 0.2) is 23.6 Å². The minimum Gasteiger partial charge on any atom is -0.496 e. The van der Waals surface area contributed by atoms with Gasteiger partial charge < -0.3 is 14.8 Å². The van der Waals surface area contributed by atoms with Gasteiger partial charge in [0.15, 0.2) is 0 Å². The highest BCUT2D eigenvalue weighted by molar-refractivity contribution is 7.03. The Kier molecular flexibility index (Phi) is 4.11. The molecule has 1 aromatic carbocycles. The zero-order valence-electron chi connectivity index (χ0n) is 10.5. The molecule has 1 aromatic heterocycles. The monoisotopic (exact) mass is 265 g/mol. The first-order valence-corrected chi connectivity index (χ1v) is 6.30. The van der Waals surface area contributed by atoms with E-state index in [-0.39, 0.29) is 6.04 Å². The maximum Gasteiger partial charge on any atom is 0.127 e. The van der Waals surface area contributed by atoms with Crippen LogP contribution in [0.5, 0.6) is 11.5 Å². The molecule has 18 heavy (non-hydrogen) atoms. The first kappa shape index (κ1) is 12.8. The topological polar surface area (TPSA) is 56.3 Å². The van der Waals surface area contributed by atoms with Crippen LogP contribution in [0.3, 0.4) is 0 Å². The van der Waals surface area contributed by atoms with Gasteiger partial charge in [0.25, 0.3) is 0 Å². The van der Waals surface area contributed by atoms with Crippen LogP contribution < -0.4 is 14.8 Å². The first-order valence-electron chi connectivity index (χ1n) is 5.47. The van der Waals surface area contributed by atoms with E-state index >= 15 is 0 Å². The quantitative estimate of drug-likeness (QED) is 0.894. The number of nitrogens with one attached hydrogen (secondary N) is 1. The number of hydrogen-bond donors (Lipinski definition) is 1. The third kappa shape index (κ3) is 2.30. The fourth-order valence-corrected chi connectivity index (χ4v) is 2.38. The maximum atomic E-state index is 5.40. The molecule has 0 amide bonds. The Morgan fingerprint density at radius 3 is 2.33 bits per heavy atom.